The fraction of sp³-hybridized carbons (Fsp3) is 0.600. The van der Waals surface area contributed by atoms with Crippen LogP contribution < -0.4 is 0 Å². The molecule has 1 fully saturated rings. The summed E-state index contributed by atoms with van der Waals surface area (Å²) in [6.45, 7) is 17.9. The van der Waals surface area contributed by atoms with E-state index in [4.69, 9.17) is 0 Å². The van der Waals surface area contributed by atoms with Gasteiger partial charge in [-0.25, -0.2) is 0 Å². The lowest BCUT2D eigenvalue weighted by atomic mass is 9.74. The summed E-state index contributed by atoms with van der Waals surface area (Å²) >= 11 is 0. The summed E-state index contributed by atoms with van der Waals surface area (Å²) in [6, 6.07) is 0. The minimum Gasteiger partial charge on any atom is -0.299 e. The van der Waals surface area contributed by atoms with Gasteiger partial charge in [0.25, 0.3) is 0 Å². The molecule has 1 aliphatic carbocycles. The molecule has 0 saturated heterocycles. The summed E-state index contributed by atoms with van der Waals surface area (Å²) in [4.78, 5) is 24.1. The van der Waals surface area contributed by atoms with E-state index < -0.39 is 0 Å². The summed E-state index contributed by atoms with van der Waals surface area (Å²) < 4.78 is 0. The molecular weight excluding hydrogens is 272 g/mol. The van der Waals surface area contributed by atoms with Gasteiger partial charge in [0, 0.05) is 24.7 Å². The van der Waals surface area contributed by atoms with Gasteiger partial charge in [-0.3, -0.25) is 9.59 Å². The third-order valence-corrected chi connectivity index (χ3v) is 4.89. The number of carbonyl (C=O) groups is 2. The maximum absolute atomic E-state index is 12.3. The fourth-order valence-corrected chi connectivity index (χ4v) is 3.26. The summed E-state index contributed by atoms with van der Waals surface area (Å²) in [6.07, 6.45) is 5.94. The SMILES string of the molecule is C=C[C@]1(C)CC(=O)[C@H](C(=C)C)[C@H]1/C=C(/C)CCC(=O)C(C)C. The number of hydrogen-bond donors (Lipinski definition) is 0. The van der Waals surface area contributed by atoms with Crippen LogP contribution in [0.5, 0.6) is 0 Å². The van der Waals surface area contributed by atoms with Crippen molar-refractivity contribution in [2.45, 2.75) is 53.9 Å². The van der Waals surface area contributed by atoms with Crippen molar-refractivity contribution in [1.82, 2.24) is 0 Å². The lowest BCUT2D eigenvalue weighted by Gasteiger charge is -2.29. The molecule has 0 aromatic rings. The molecule has 0 aliphatic heterocycles. The van der Waals surface area contributed by atoms with Crippen molar-refractivity contribution in [3.05, 3.63) is 36.5 Å². The summed E-state index contributed by atoms with van der Waals surface area (Å²) in [5.41, 5.74) is 1.88. The van der Waals surface area contributed by atoms with Crippen molar-refractivity contribution in [2.24, 2.45) is 23.2 Å². The van der Waals surface area contributed by atoms with E-state index in [1.165, 1.54) is 5.57 Å². The summed E-state index contributed by atoms with van der Waals surface area (Å²) in [5, 5.41) is 0. The Morgan fingerprint density at radius 2 is 1.95 bits per heavy atom. The second kappa shape index (κ2) is 7.21. The van der Waals surface area contributed by atoms with Crippen molar-refractivity contribution < 1.29 is 9.59 Å². The van der Waals surface area contributed by atoms with Crippen LogP contribution in [0.4, 0.5) is 0 Å². The highest BCUT2D eigenvalue weighted by molar-refractivity contribution is 5.88. The molecule has 122 valence electrons. The van der Waals surface area contributed by atoms with Gasteiger partial charge in [0.15, 0.2) is 0 Å². The topological polar surface area (TPSA) is 34.1 Å². The maximum Gasteiger partial charge on any atom is 0.141 e. The van der Waals surface area contributed by atoms with E-state index in [9.17, 15) is 9.59 Å². The zero-order chi connectivity index (χ0) is 17.1. The van der Waals surface area contributed by atoms with Gasteiger partial charge < -0.3 is 0 Å². The molecule has 0 bridgehead atoms. The van der Waals surface area contributed by atoms with Crippen LogP contribution >= 0.6 is 0 Å². The highest BCUT2D eigenvalue weighted by Crippen LogP contribution is 2.49. The maximum atomic E-state index is 12.3. The molecule has 0 unspecified atom stereocenters. The Morgan fingerprint density at radius 3 is 2.41 bits per heavy atom. The van der Waals surface area contributed by atoms with E-state index in [1.807, 2.05) is 26.8 Å². The first-order valence-corrected chi connectivity index (χ1v) is 8.14. The molecule has 0 heterocycles. The van der Waals surface area contributed by atoms with Crippen molar-refractivity contribution in [3.63, 3.8) is 0 Å². The molecule has 0 radical (unpaired) electrons. The van der Waals surface area contributed by atoms with Gasteiger partial charge in [0.2, 0.25) is 0 Å². The van der Waals surface area contributed by atoms with Crippen molar-refractivity contribution in [2.75, 3.05) is 0 Å². The quantitative estimate of drug-likeness (QED) is 0.626. The summed E-state index contributed by atoms with van der Waals surface area (Å²) in [5.74, 6) is 0.603. The van der Waals surface area contributed by atoms with E-state index in [0.29, 0.717) is 12.8 Å². The van der Waals surface area contributed by atoms with Gasteiger partial charge in [-0.2, -0.15) is 0 Å². The molecule has 2 heteroatoms. The lowest BCUT2D eigenvalue weighted by molar-refractivity contribution is -0.122. The fourth-order valence-electron chi connectivity index (χ4n) is 3.26. The van der Waals surface area contributed by atoms with Gasteiger partial charge in [-0.15, -0.1) is 6.58 Å². The Bertz CT molecular complexity index is 510. The minimum atomic E-state index is -0.218. The lowest BCUT2D eigenvalue weighted by Crippen LogP contribution is -2.23. The normalized spacial score (nSPS) is 29.0. The molecule has 0 spiro atoms. The third-order valence-electron chi connectivity index (χ3n) is 4.89. The Hall–Kier alpha value is -1.44. The van der Waals surface area contributed by atoms with Crippen LogP contribution in [0.3, 0.4) is 0 Å². The monoisotopic (exact) mass is 302 g/mol. The summed E-state index contributed by atoms with van der Waals surface area (Å²) in [7, 11) is 0. The van der Waals surface area contributed by atoms with Gasteiger partial charge in [-0.05, 0) is 31.6 Å². The Kier molecular flexibility index (Phi) is 6.10. The van der Waals surface area contributed by atoms with Crippen LogP contribution in [0.25, 0.3) is 0 Å². The molecule has 1 saturated carbocycles. The predicted molar refractivity (Wildman–Crippen MR) is 92.6 cm³/mol. The highest BCUT2D eigenvalue weighted by atomic mass is 16.1. The number of ketones is 2. The van der Waals surface area contributed by atoms with Crippen LogP contribution in [0.1, 0.15) is 53.9 Å². The average molecular weight is 302 g/mol. The first-order valence-electron chi connectivity index (χ1n) is 8.14. The van der Waals surface area contributed by atoms with Crippen LogP contribution in [-0.2, 0) is 9.59 Å². The largest absolute Gasteiger partial charge is 0.299 e. The molecule has 3 atom stereocenters. The molecule has 1 rings (SSSR count). The molecule has 0 amide bonds. The molecule has 0 N–H and O–H groups in total. The van der Waals surface area contributed by atoms with Crippen molar-refractivity contribution in [3.8, 4) is 0 Å². The molecule has 1 aliphatic rings. The van der Waals surface area contributed by atoms with Gasteiger partial charge >= 0.3 is 0 Å². The van der Waals surface area contributed by atoms with Crippen LogP contribution in [0.15, 0.2) is 36.5 Å². The van der Waals surface area contributed by atoms with Gasteiger partial charge in [0.1, 0.15) is 11.6 Å². The number of allylic oxidation sites excluding steroid dienone is 4. The Balaban J connectivity index is 2.96. The van der Waals surface area contributed by atoms with Crippen LogP contribution in [0.2, 0.25) is 0 Å². The smallest absolute Gasteiger partial charge is 0.141 e. The predicted octanol–water partition coefficient (Wildman–Crippen LogP) is 4.91. The zero-order valence-corrected chi connectivity index (χ0v) is 14.7. The minimum absolute atomic E-state index is 0.0856. The van der Waals surface area contributed by atoms with E-state index in [2.05, 4.69) is 33.1 Å². The Morgan fingerprint density at radius 1 is 1.36 bits per heavy atom. The number of rotatable bonds is 7. The van der Waals surface area contributed by atoms with Crippen LogP contribution in [0, 0.1) is 23.2 Å². The second-order valence-corrected chi connectivity index (χ2v) is 7.34. The highest BCUT2D eigenvalue weighted by Gasteiger charge is 2.47. The Labute approximate surface area is 135 Å². The number of Topliss-reactive ketones (excluding diaryl/α,β-unsaturated/α-hetero) is 2. The zero-order valence-electron chi connectivity index (χ0n) is 14.7. The molecule has 2 nitrogen and oxygen atoms in total. The molecule has 0 aromatic carbocycles. The number of hydrogen-bond acceptors (Lipinski definition) is 2. The first kappa shape index (κ1) is 18.6. The first-order chi connectivity index (χ1) is 10.1. The molecule has 22 heavy (non-hydrogen) atoms. The van der Waals surface area contributed by atoms with E-state index in [1.54, 1.807) is 0 Å². The second-order valence-electron chi connectivity index (χ2n) is 7.34. The van der Waals surface area contributed by atoms with Crippen LogP contribution in [-0.4, -0.2) is 11.6 Å². The van der Waals surface area contributed by atoms with Gasteiger partial charge in [-0.1, -0.05) is 50.6 Å². The number of carbonyl (C=O) groups excluding carboxylic acids is 2. The third kappa shape index (κ3) is 4.06. The van der Waals surface area contributed by atoms with E-state index in [0.717, 1.165) is 12.0 Å². The average Bonchev–Trinajstić information content (AvgIpc) is 2.67. The van der Waals surface area contributed by atoms with Gasteiger partial charge in [0.05, 0.1) is 0 Å². The van der Waals surface area contributed by atoms with E-state index >= 15 is 0 Å². The van der Waals surface area contributed by atoms with Crippen molar-refractivity contribution in [1.29, 1.82) is 0 Å². The molecular formula is C20H30O2. The molecule has 0 aromatic heterocycles. The van der Waals surface area contributed by atoms with Crippen molar-refractivity contribution >= 4 is 11.6 Å². The van der Waals surface area contributed by atoms with E-state index in [-0.39, 0.29) is 34.7 Å². The standard InChI is InChI=1S/C20H30O2/c1-8-20(7)12-18(22)19(14(4)5)16(20)11-15(6)9-10-17(21)13(2)3/h8,11,13,16,19H,1,4,9-10,12H2,2-3,5-7H3/b15-11-/t16-,19-,20-/m1/s1.